The zero-order valence-electron chi connectivity index (χ0n) is 11.9. The minimum Gasteiger partial charge on any atom is -0.462 e. The molecule has 6 nitrogen and oxygen atoms in total. The number of carbonyl (C=O) groups is 2. The average molecular weight is 276 g/mol. The lowest BCUT2D eigenvalue weighted by molar-refractivity contribution is -0.131. The third-order valence-corrected chi connectivity index (χ3v) is 2.85. The minimum absolute atomic E-state index is 0.284. The monoisotopic (exact) mass is 276 g/mol. The maximum atomic E-state index is 11.9. The fourth-order valence-electron chi connectivity index (χ4n) is 2.11. The number of hydrogen-bond acceptors (Lipinski definition) is 5. The first-order valence-electron chi connectivity index (χ1n) is 6.27. The van der Waals surface area contributed by atoms with Gasteiger partial charge in [-0.2, -0.15) is 5.10 Å². The van der Waals surface area contributed by atoms with E-state index in [1.54, 1.807) is 24.7 Å². The Morgan fingerprint density at radius 1 is 1.35 bits per heavy atom. The molecule has 0 N–H and O–H groups in total. The number of nitrogens with zero attached hydrogens (tertiary/aromatic N) is 2. The molecule has 0 unspecified atom stereocenters. The van der Waals surface area contributed by atoms with Crippen LogP contribution in [0.4, 0.5) is 0 Å². The van der Waals surface area contributed by atoms with Crippen LogP contribution in [0.1, 0.15) is 29.9 Å². The molecule has 0 saturated carbocycles. The highest BCUT2D eigenvalue weighted by Gasteiger charge is 2.17. The number of rotatable bonds is 3. The largest absolute Gasteiger partial charge is 0.462 e. The van der Waals surface area contributed by atoms with Gasteiger partial charge in [-0.05, 0) is 26.0 Å². The topological polar surface area (TPSA) is 70.4 Å². The van der Waals surface area contributed by atoms with Crippen LogP contribution in [0.25, 0.3) is 10.9 Å². The van der Waals surface area contributed by atoms with Crippen molar-refractivity contribution >= 4 is 22.8 Å². The Labute approximate surface area is 116 Å². The second kappa shape index (κ2) is 5.32. The van der Waals surface area contributed by atoms with E-state index in [1.807, 2.05) is 6.92 Å². The molecule has 0 fully saturated rings. The number of ether oxygens (including phenoxy) is 2. The van der Waals surface area contributed by atoms with Gasteiger partial charge in [0.05, 0.1) is 17.9 Å². The van der Waals surface area contributed by atoms with Crippen LogP contribution in [-0.4, -0.2) is 28.3 Å². The number of benzene rings is 1. The molecular weight excluding hydrogens is 260 g/mol. The van der Waals surface area contributed by atoms with Gasteiger partial charge in [0.25, 0.3) is 0 Å². The van der Waals surface area contributed by atoms with Gasteiger partial charge in [0.15, 0.2) is 5.75 Å². The predicted octanol–water partition coefficient (Wildman–Crippen LogP) is 1.98. The lowest BCUT2D eigenvalue weighted by atomic mass is 10.1. The van der Waals surface area contributed by atoms with Gasteiger partial charge in [-0.3, -0.25) is 9.48 Å². The van der Waals surface area contributed by atoms with Gasteiger partial charge in [-0.25, -0.2) is 4.79 Å². The van der Waals surface area contributed by atoms with Gasteiger partial charge >= 0.3 is 11.9 Å². The number of aromatic nitrogens is 2. The van der Waals surface area contributed by atoms with Crippen molar-refractivity contribution < 1.29 is 19.1 Å². The van der Waals surface area contributed by atoms with Crippen LogP contribution in [0.15, 0.2) is 12.1 Å². The van der Waals surface area contributed by atoms with Gasteiger partial charge in [-0.15, -0.1) is 0 Å². The summed E-state index contributed by atoms with van der Waals surface area (Å²) < 4.78 is 11.8. The van der Waals surface area contributed by atoms with Crippen molar-refractivity contribution in [1.82, 2.24) is 9.78 Å². The van der Waals surface area contributed by atoms with Crippen molar-refractivity contribution in [3.63, 3.8) is 0 Å². The van der Waals surface area contributed by atoms with Crippen LogP contribution in [-0.2, 0) is 16.6 Å². The molecule has 1 aromatic carbocycles. The zero-order valence-corrected chi connectivity index (χ0v) is 11.9. The summed E-state index contributed by atoms with van der Waals surface area (Å²) >= 11 is 0. The van der Waals surface area contributed by atoms with Crippen LogP contribution in [0.3, 0.4) is 0 Å². The van der Waals surface area contributed by atoms with Crippen LogP contribution < -0.4 is 4.74 Å². The molecule has 0 bridgehead atoms. The van der Waals surface area contributed by atoms with Gasteiger partial charge in [0.2, 0.25) is 0 Å². The van der Waals surface area contributed by atoms with Gasteiger partial charge in [-0.1, -0.05) is 0 Å². The van der Waals surface area contributed by atoms with E-state index in [-0.39, 0.29) is 6.61 Å². The SMILES string of the molecule is CCOC(=O)c1cc(OC(C)=O)c2c(c1)c(C)nn2C. The summed E-state index contributed by atoms with van der Waals surface area (Å²) in [5.74, 6) is -0.599. The normalized spacial score (nSPS) is 10.6. The maximum absolute atomic E-state index is 11.9. The molecule has 0 aliphatic carbocycles. The Morgan fingerprint density at radius 2 is 2.05 bits per heavy atom. The Morgan fingerprint density at radius 3 is 2.65 bits per heavy atom. The molecule has 2 rings (SSSR count). The Kier molecular flexibility index (Phi) is 3.74. The first kappa shape index (κ1) is 14.0. The van der Waals surface area contributed by atoms with Crippen LogP contribution in [0.2, 0.25) is 0 Å². The first-order valence-corrected chi connectivity index (χ1v) is 6.27. The minimum atomic E-state index is -0.453. The fourth-order valence-corrected chi connectivity index (χ4v) is 2.11. The van der Waals surface area contributed by atoms with Gasteiger partial charge in [0, 0.05) is 19.4 Å². The standard InChI is InChI=1S/C14H16N2O4/c1-5-19-14(18)10-6-11-8(2)15-16(4)13(11)12(7-10)20-9(3)17/h6-7H,5H2,1-4H3. The van der Waals surface area contributed by atoms with E-state index >= 15 is 0 Å². The van der Waals surface area contributed by atoms with E-state index in [0.29, 0.717) is 16.8 Å². The second-order valence-electron chi connectivity index (χ2n) is 4.39. The van der Waals surface area contributed by atoms with Crippen molar-refractivity contribution in [2.45, 2.75) is 20.8 Å². The third kappa shape index (κ3) is 2.49. The van der Waals surface area contributed by atoms with Crippen LogP contribution in [0.5, 0.6) is 5.75 Å². The molecule has 0 saturated heterocycles. The molecule has 0 amide bonds. The molecule has 1 heterocycles. The molecule has 6 heteroatoms. The number of carbonyl (C=O) groups excluding carboxylic acids is 2. The summed E-state index contributed by atoms with van der Waals surface area (Å²) in [6.45, 7) is 5.16. The lowest BCUT2D eigenvalue weighted by Gasteiger charge is -2.08. The highest BCUT2D eigenvalue weighted by atomic mass is 16.5. The first-order chi connectivity index (χ1) is 9.43. The molecule has 0 atom stereocenters. The predicted molar refractivity (Wildman–Crippen MR) is 72.7 cm³/mol. The van der Waals surface area contributed by atoms with Gasteiger partial charge < -0.3 is 9.47 Å². The van der Waals surface area contributed by atoms with E-state index in [9.17, 15) is 9.59 Å². The summed E-state index contributed by atoms with van der Waals surface area (Å²) in [6, 6.07) is 3.20. The second-order valence-corrected chi connectivity index (χ2v) is 4.39. The quantitative estimate of drug-likeness (QED) is 0.633. The van der Waals surface area contributed by atoms with Crippen molar-refractivity contribution in [2.24, 2.45) is 7.05 Å². The smallest absolute Gasteiger partial charge is 0.338 e. The molecular formula is C14H16N2O4. The van der Waals surface area contributed by atoms with Crippen molar-refractivity contribution in [2.75, 3.05) is 6.61 Å². The molecule has 0 spiro atoms. The Hall–Kier alpha value is -2.37. The molecule has 2 aromatic rings. The molecule has 0 aliphatic heterocycles. The van der Waals surface area contributed by atoms with Crippen LogP contribution in [0, 0.1) is 6.92 Å². The highest BCUT2D eigenvalue weighted by Crippen LogP contribution is 2.30. The van der Waals surface area contributed by atoms with Crippen molar-refractivity contribution in [1.29, 1.82) is 0 Å². The number of aryl methyl sites for hydroxylation is 2. The molecule has 1 aromatic heterocycles. The maximum Gasteiger partial charge on any atom is 0.338 e. The van der Waals surface area contributed by atoms with E-state index in [2.05, 4.69) is 5.10 Å². The van der Waals surface area contributed by atoms with Gasteiger partial charge in [0.1, 0.15) is 5.52 Å². The average Bonchev–Trinajstić information content (AvgIpc) is 2.64. The summed E-state index contributed by atoms with van der Waals surface area (Å²) in [5.41, 5.74) is 1.76. The molecule has 0 aliphatic rings. The van der Waals surface area contributed by atoms with Crippen molar-refractivity contribution in [3.05, 3.63) is 23.4 Å². The van der Waals surface area contributed by atoms with E-state index in [1.165, 1.54) is 13.0 Å². The van der Waals surface area contributed by atoms with E-state index in [0.717, 1.165) is 11.1 Å². The molecule has 106 valence electrons. The molecule has 20 heavy (non-hydrogen) atoms. The summed E-state index contributed by atoms with van der Waals surface area (Å²) in [5, 5.41) is 5.04. The Balaban J connectivity index is 2.66. The third-order valence-electron chi connectivity index (χ3n) is 2.85. The van der Waals surface area contributed by atoms with E-state index < -0.39 is 11.9 Å². The fraction of sp³-hybridized carbons (Fsp3) is 0.357. The Bertz CT molecular complexity index is 688. The molecule has 0 radical (unpaired) electrons. The highest BCUT2D eigenvalue weighted by molar-refractivity contribution is 5.98. The van der Waals surface area contributed by atoms with Crippen LogP contribution >= 0.6 is 0 Å². The zero-order chi connectivity index (χ0) is 14.9. The summed E-state index contributed by atoms with van der Waals surface area (Å²) in [4.78, 5) is 23.1. The summed E-state index contributed by atoms with van der Waals surface area (Å²) in [6.07, 6.45) is 0. The number of fused-ring (bicyclic) bond motifs is 1. The van der Waals surface area contributed by atoms with Crippen molar-refractivity contribution in [3.8, 4) is 5.75 Å². The lowest BCUT2D eigenvalue weighted by Crippen LogP contribution is -2.08. The number of esters is 2. The summed E-state index contributed by atoms with van der Waals surface area (Å²) in [7, 11) is 1.76. The van der Waals surface area contributed by atoms with E-state index in [4.69, 9.17) is 9.47 Å². The number of hydrogen-bond donors (Lipinski definition) is 0.